The smallest absolute Gasteiger partial charge is 0.196 e. The molecule has 2 heterocycles. The third kappa shape index (κ3) is 1.41. The molecular formula is C11H13N5. The van der Waals surface area contributed by atoms with Crippen LogP contribution in [-0.4, -0.2) is 29.0 Å². The van der Waals surface area contributed by atoms with Crippen LogP contribution in [0.25, 0.3) is 11.0 Å². The first-order chi connectivity index (χ1) is 7.84. The number of hydrogen-bond donors (Lipinski definition) is 3. The number of aromatic amines is 1. The number of rotatable bonds is 1. The SMILES string of the molecule is Cc1c(N=C2NCCN2)ccc2[nH]cnc12. The highest BCUT2D eigenvalue weighted by Crippen LogP contribution is 2.25. The van der Waals surface area contributed by atoms with Gasteiger partial charge in [-0.15, -0.1) is 0 Å². The Morgan fingerprint density at radius 3 is 2.88 bits per heavy atom. The summed E-state index contributed by atoms with van der Waals surface area (Å²) in [6.07, 6.45) is 1.71. The van der Waals surface area contributed by atoms with Crippen molar-refractivity contribution in [2.75, 3.05) is 13.1 Å². The first kappa shape index (κ1) is 9.21. The molecule has 1 aromatic carbocycles. The second-order valence-electron chi connectivity index (χ2n) is 3.82. The Kier molecular flexibility index (Phi) is 2.02. The molecule has 0 spiro atoms. The number of nitrogens with zero attached hydrogens (tertiary/aromatic N) is 2. The van der Waals surface area contributed by atoms with E-state index in [9.17, 15) is 0 Å². The fourth-order valence-corrected chi connectivity index (χ4v) is 1.88. The summed E-state index contributed by atoms with van der Waals surface area (Å²) in [5.41, 5.74) is 4.09. The maximum absolute atomic E-state index is 4.53. The Bertz CT molecular complexity index is 547. The average Bonchev–Trinajstić information content (AvgIpc) is 2.93. The van der Waals surface area contributed by atoms with Crippen molar-refractivity contribution in [1.29, 1.82) is 0 Å². The van der Waals surface area contributed by atoms with Gasteiger partial charge in [0.15, 0.2) is 5.96 Å². The number of benzene rings is 1. The van der Waals surface area contributed by atoms with E-state index in [-0.39, 0.29) is 0 Å². The average molecular weight is 215 g/mol. The highest BCUT2D eigenvalue weighted by Gasteiger charge is 2.08. The van der Waals surface area contributed by atoms with E-state index in [1.807, 2.05) is 19.1 Å². The molecule has 0 amide bonds. The van der Waals surface area contributed by atoms with Gasteiger partial charge in [-0.3, -0.25) is 0 Å². The summed E-state index contributed by atoms with van der Waals surface area (Å²) in [7, 11) is 0. The summed E-state index contributed by atoms with van der Waals surface area (Å²) in [5.74, 6) is 0.845. The van der Waals surface area contributed by atoms with Crippen molar-refractivity contribution in [2.45, 2.75) is 6.92 Å². The summed E-state index contributed by atoms with van der Waals surface area (Å²) in [4.78, 5) is 11.9. The first-order valence-electron chi connectivity index (χ1n) is 5.34. The van der Waals surface area contributed by atoms with Crippen LogP contribution in [0, 0.1) is 6.92 Å². The van der Waals surface area contributed by atoms with E-state index in [2.05, 4.69) is 25.6 Å². The Morgan fingerprint density at radius 2 is 2.06 bits per heavy atom. The van der Waals surface area contributed by atoms with Crippen LogP contribution < -0.4 is 10.6 Å². The molecule has 3 rings (SSSR count). The van der Waals surface area contributed by atoms with Crippen molar-refractivity contribution < 1.29 is 0 Å². The fourth-order valence-electron chi connectivity index (χ4n) is 1.88. The van der Waals surface area contributed by atoms with Crippen LogP contribution in [0.2, 0.25) is 0 Å². The van der Waals surface area contributed by atoms with Crippen molar-refractivity contribution in [3.8, 4) is 0 Å². The minimum atomic E-state index is 0.845. The lowest BCUT2D eigenvalue weighted by molar-refractivity contribution is 0.942. The molecule has 0 radical (unpaired) electrons. The quantitative estimate of drug-likeness (QED) is 0.666. The topological polar surface area (TPSA) is 65.1 Å². The summed E-state index contributed by atoms with van der Waals surface area (Å²) >= 11 is 0. The Labute approximate surface area is 93.0 Å². The van der Waals surface area contributed by atoms with Crippen molar-refractivity contribution in [3.05, 3.63) is 24.0 Å². The Morgan fingerprint density at radius 1 is 1.25 bits per heavy atom. The number of aromatic nitrogens is 2. The van der Waals surface area contributed by atoms with E-state index in [0.29, 0.717) is 0 Å². The molecule has 16 heavy (non-hydrogen) atoms. The van der Waals surface area contributed by atoms with Crippen LogP contribution in [0.15, 0.2) is 23.5 Å². The molecule has 0 saturated carbocycles. The van der Waals surface area contributed by atoms with Crippen molar-refractivity contribution in [3.63, 3.8) is 0 Å². The van der Waals surface area contributed by atoms with Crippen LogP contribution in [-0.2, 0) is 0 Å². The first-order valence-corrected chi connectivity index (χ1v) is 5.34. The monoisotopic (exact) mass is 215 g/mol. The highest BCUT2D eigenvalue weighted by atomic mass is 15.2. The number of aryl methyl sites for hydroxylation is 1. The number of fused-ring (bicyclic) bond motifs is 1. The largest absolute Gasteiger partial charge is 0.354 e. The second-order valence-corrected chi connectivity index (χ2v) is 3.82. The van der Waals surface area contributed by atoms with Crippen LogP contribution in [0.5, 0.6) is 0 Å². The van der Waals surface area contributed by atoms with Gasteiger partial charge in [0.05, 0.1) is 23.0 Å². The minimum Gasteiger partial charge on any atom is -0.354 e. The maximum Gasteiger partial charge on any atom is 0.196 e. The third-order valence-electron chi connectivity index (χ3n) is 2.76. The zero-order valence-corrected chi connectivity index (χ0v) is 9.04. The molecule has 5 heteroatoms. The molecule has 3 N–H and O–H groups in total. The number of aliphatic imine (C=N–C) groups is 1. The summed E-state index contributed by atoms with van der Waals surface area (Å²) in [6.45, 7) is 3.91. The summed E-state index contributed by atoms with van der Waals surface area (Å²) in [6, 6.07) is 4.01. The van der Waals surface area contributed by atoms with Gasteiger partial charge in [0.2, 0.25) is 0 Å². The minimum absolute atomic E-state index is 0.845. The molecule has 1 aliphatic rings. The molecule has 1 saturated heterocycles. The molecule has 1 aliphatic heterocycles. The second kappa shape index (κ2) is 3.52. The van der Waals surface area contributed by atoms with Crippen LogP contribution in [0.4, 0.5) is 5.69 Å². The predicted octanol–water partition coefficient (Wildman–Crippen LogP) is 1.05. The molecule has 0 unspecified atom stereocenters. The number of nitrogens with one attached hydrogen (secondary N) is 3. The van der Waals surface area contributed by atoms with Crippen LogP contribution in [0.3, 0.4) is 0 Å². The van der Waals surface area contributed by atoms with Gasteiger partial charge >= 0.3 is 0 Å². The molecule has 0 bridgehead atoms. The lowest BCUT2D eigenvalue weighted by Gasteiger charge is -2.03. The lowest BCUT2D eigenvalue weighted by Crippen LogP contribution is -2.23. The van der Waals surface area contributed by atoms with Gasteiger partial charge in [-0.2, -0.15) is 0 Å². The number of guanidine groups is 1. The highest BCUT2D eigenvalue weighted by molar-refractivity contribution is 5.88. The molecule has 1 fully saturated rings. The lowest BCUT2D eigenvalue weighted by atomic mass is 10.1. The Balaban J connectivity index is 2.09. The van der Waals surface area contributed by atoms with Gasteiger partial charge in [-0.1, -0.05) is 0 Å². The molecule has 0 aliphatic carbocycles. The molecular weight excluding hydrogens is 202 g/mol. The zero-order valence-electron chi connectivity index (χ0n) is 9.04. The van der Waals surface area contributed by atoms with E-state index >= 15 is 0 Å². The molecule has 82 valence electrons. The standard InChI is InChI=1S/C11H13N5/c1-7-8(16-11-12-4-5-13-11)2-3-9-10(7)15-6-14-9/h2-3,6H,4-5H2,1H3,(H,14,15)(H2,12,13,16). The van der Waals surface area contributed by atoms with Gasteiger partial charge in [-0.05, 0) is 19.1 Å². The predicted molar refractivity (Wildman–Crippen MR) is 63.9 cm³/mol. The van der Waals surface area contributed by atoms with Gasteiger partial charge < -0.3 is 15.6 Å². The summed E-state index contributed by atoms with van der Waals surface area (Å²) in [5, 5.41) is 6.37. The fraction of sp³-hybridized carbons (Fsp3) is 0.273. The molecule has 5 nitrogen and oxygen atoms in total. The maximum atomic E-state index is 4.53. The van der Waals surface area contributed by atoms with Crippen LogP contribution in [0.1, 0.15) is 5.56 Å². The Hall–Kier alpha value is -2.04. The normalized spacial score (nSPS) is 14.9. The summed E-state index contributed by atoms with van der Waals surface area (Å²) < 4.78 is 0. The van der Waals surface area contributed by atoms with Gasteiger partial charge in [0.1, 0.15) is 0 Å². The van der Waals surface area contributed by atoms with E-state index in [1.165, 1.54) is 0 Å². The van der Waals surface area contributed by atoms with Gasteiger partial charge in [0, 0.05) is 18.7 Å². The number of imidazole rings is 1. The molecule has 0 atom stereocenters. The van der Waals surface area contributed by atoms with Crippen LogP contribution >= 0.6 is 0 Å². The molecule has 2 aromatic rings. The van der Waals surface area contributed by atoms with Crippen molar-refractivity contribution in [1.82, 2.24) is 20.6 Å². The van der Waals surface area contributed by atoms with Gasteiger partial charge in [0.25, 0.3) is 0 Å². The van der Waals surface area contributed by atoms with Crippen molar-refractivity contribution >= 4 is 22.7 Å². The van der Waals surface area contributed by atoms with E-state index in [0.717, 1.165) is 41.3 Å². The van der Waals surface area contributed by atoms with E-state index in [4.69, 9.17) is 0 Å². The van der Waals surface area contributed by atoms with E-state index in [1.54, 1.807) is 6.33 Å². The van der Waals surface area contributed by atoms with Crippen molar-refractivity contribution in [2.24, 2.45) is 4.99 Å². The van der Waals surface area contributed by atoms with E-state index < -0.39 is 0 Å². The molecule has 1 aromatic heterocycles. The zero-order chi connectivity index (χ0) is 11.0. The third-order valence-corrected chi connectivity index (χ3v) is 2.76. The van der Waals surface area contributed by atoms with Gasteiger partial charge in [-0.25, -0.2) is 9.98 Å². The number of H-pyrrole nitrogens is 1. The number of hydrogen-bond acceptors (Lipinski definition) is 2.